The van der Waals surface area contributed by atoms with Gasteiger partial charge >= 0.3 is 0 Å². The van der Waals surface area contributed by atoms with E-state index in [0.717, 1.165) is 25.9 Å². The molecule has 1 amide bonds. The molecule has 0 radical (unpaired) electrons. The average molecular weight is 237 g/mol. The molecule has 1 aliphatic heterocycles. The Bertz CT molecular complexity index is 414. The van der Waals surface area contributed by atoms with Crippen molar-refractivity contribution in [3.63, 3.8) is 0 Å². The minimum Gasteiger partial charge on any atom is -0.481 e. The molecule has 3 nitrogen and oxygen atoms in total. The van der Waals surface area contributed by atoms with Gasteiger partial charge in [-0.3, -0.25) is 4.79 Å². The van der Waals surface area contributed by atoms with E-state index < -0.39 is 0 Å². The Morgan fingerprint density at radius 1 is 1.41 bits per heavy atom. The maximum Gasteiger partial charge on any atom is 0.260 e. The van der Waals surface area contributed by atoms with E-state index in [1.165, 1.54) is 0 Å². The van der Waals surface area contributed by atoms with Crippen LogP contribution in [0.5, 0.6) is 5.75 Å². The van der Waals surface area contributed by atoms with Gasteiger partial charge in [0, 0.05) is 13.1 Å². The van der Waals surface area contributed by atoms with Crippen molar-refractivity contribution >= 4 is 5.91 Å². The molecule has 2 rings (SSSR count). The third kappa shape index (κ3) is 2.75. The SMILES string of the molecule is Cc1cccc(OCC(=O)N2CCCC2)c1F. The van der Waals surface area contributed by atoms with E-state index >= 15 is 0 Å². The monoisotopic (exact) mass is 237 g/mol. The maximum atomic E-state index is 13.6. The molecular weight excluding hydrogens is 221 g/mol. The number of hydrogen-bond acceptors (Lipinski definition) is 2. The first kappa shape index (κ1) is 11.9. The van der Waals surface area contributed by atoms with Gasteiger partial charge in [0.05, 0.1) is 0 Å². The van der Waals surface area contributed by atoms with Crippen molar-refractivity contribution in [2.45, 2.75) is 19.8 Å². The van der Waals surface area contributed by atoms with Crippen molar-refractivity contribution in [1.29, 1.82) is 0 Å². The van der Waals surface area contributed by atoms with Gasteiger partial charge < -0.3 is 9.64 Å². The summed E-state index contributed by atoms with van der Waals surface area (Å²) in [5, 5.41) is 0. The molecule has 0 aromatic heterocycles. The maximum absolute atomic E-state index is 13.6. The number of halogens is 1. The fourth-order valence-corrected chi connectivity index (χ4v) is 1.93. The number of rotatable bonds is 3. The van der Waals surface area contributed by atoms with Gasteiger partial charge in [-0.1, -0.05) is 12.1 Å². The molecule has 4 heteroatoms. The predicted molar refractivity (Wildman–Crippen MR) is 62.4 cm³/mol. The molecule has 0 unspecified atom stereocenters. The second kappa shape index (κ2) is 5.17. The van der Waals surface area contributed by atoms with Gasteiger partial charge in [0.2, 0.25) is 0 Å². The summed E-state index contributed by atoms with van der Waals surface area (Å²) in [6.07, 6.45) is 2.09. The van der Waals surface area contributed by atoms with Crippen molar-refractivity contribution in [2.75, 3.05) is 19.7 Å². The largest absolute Gasteiger partial charge is 0.481 e. The lowest BCUT2D eigenvalue weighted by Gasteiger charge is -2.15. The van der Waals surface area contributed by atoms with Gasteiger partial charge in [-0.15, -0.1) is 0 Å². The van der Waals surface area contributed by atoms with Crippen molar-refractivity contribution < 1.29 is 13.9 Å². The molecular formula is C13H16FNO2. The zero-order valence-electron chi connectivity index (χ0n) is 9.91. The molecule has 92 valence electrons. The van der Waals surface area contributed by atoms with Crippen LogP contribution in [0.4, 0.5) is 4.39 Å². The van der Waals surface area contributed by atoms with Crippen molar-refractivity contribution in [3.05, 3.63) is 29.6 Å². The number of carbonyl (C=O) groups excluding carboxylic acids is 1. The fraction of sp³-hybridized carbons (Fsp3) is 0.462. The third-order valence-corrected chi connectivity index (χ3v) is 2.97. The lowest BCUT2D eigenvalue weighted by molar-refractivity contribution is -0.132. The number of aryl methyl sites for hydroxylation is 1. The number of hydrogen-bond donors (Lipinski definition) is 0. The molecule has 0 spiro atoms. The van der Waals surface area contributed by atoms with Gasteiger partial charge in [0.1, 0.15) is 0 Å². The molecule has 0 N–H and O–H groups in total. The number of benzene rings is 1. The Labute approximate surface area is 100 Å². The van der Waals surface area contributed by atoms with E-state index in [4.69, 9.17) is 4.74 Å². The molecule has 1 aromatic rings. The Hall–Kier alpha value is -1.58. The quantitative estimate of drug-likeness (QED) is 0.806. The van der Waals surface area contributed by atoms with Crippen LogP contribution < -0.4 is 4.74 Å². The Kier molecular flexibility index (Phi) is 3.61. The molecule has 1 aliphatic rings. The second-order valence-electron chi connectivity index (χ2n) is 4.26. The summed E-state index contributed by atoms with van der Waals surface area (Å²) in [6, 6.07) is 4.93. The first-order valence-corrected chi connectivity index (χ1v) is 5.84. The molecule has 1 saturated heterocycles. The molecule has 0 saturated carbocycles. The van der Waals surface area contributed by atoms with Gasteiger partial charge in [-0.25, -0.2) is 4.39 Å². The molecule has 1 aromatic carbocycles. The smallest absolute Gasteiger partial charge is 0.260 e. The van der Waals surface area contributed by atoms with Gasteiger partial charge in [0.15, 0.2) is 18.2 Å². The highest BCUT2D eigenvalue weighted by atomic mass is 19.1. The van der Waals surface area contributed by atoms with Crippen LogP contribution in [0.2, 0.25) is 0 Å². The summed E-state index contributed by atoms with van der Waals surface area (Å²) in [6.45, 7) is 3.17. The van der Waals surface area contributed by atoms with Crippen molar-refractivity contribution in [3.8, 4) is 5.75 Å². The predicted octanol–water partition coefficient (Wildman–Crippen LogP) is 2.14. The molecule has 17 heavy (non-hydrogen) atoms. The van der Waals surface area contributed by atoms with E-state index in [9.17, 15) is 9.18 Å². The third-order valence-electron chi connectivity index (χ3n) is 2.97. The number of likely N-dealkylation sites (tertiary alicyclic amines) is 1. The number of carbonyl (C=O) groups is 1. The Morgan fingerprint density at radius 2 is 2.12 bits per heavy atom. The van der Waals surface area contributed by atoms with Gasteiger partial charge in [0.25, 0.3) is 5.91 Å². The molecule has 0 bridgehead atoms. The Morgan fingerprint density at radius 3 is 2.82 bits per heavy atom. The standard InChI is InChI=1S/C13H16FNO2/c1-10-5-4-6-11(13(10)14)17-9-12(16)15-7-2-3-8-15/h4-6H,2-3,7-9H2,1H3. The summed E-state index contributed by atoms with van der Waals surface area (Å²) < 4.78 is 18.8. The lowest BCUT2D eigenvalue weighted by Crippen LogP contribution is -2.32. The molecule has 0 aliphatic carbocycles. The van der Waals surface area contributed by atoms with Crippen LogP contribution >= 0.6 is 0 Å². The summed E-state index contributed by atoms with van der Waals surface area (Å²) in [5.41, 5.74) is 0.524. The van der Waals surface area contributed by atoms with Crippen LogP contribution in [0.25, 0.3) is 0 Å². The van der Waals surface area contributed by atoms with E-state index in [-0.39, 0.29) is 24.1 Å². The molecule has 0 atom stereocenters. The highest BCUT2D eigenvalue weighted by molar-refractivity contribution is 5.78. The fourth-order valence-electron chi connectivity index (χ4n) is 1.93. The van der Waals surface area contributed by atoms with Crippen LogP contribution in [0.15, 0.2) is 18.2 Å². The normalized spacial score (nSPS) is 15.1. The zero-order chi connectivity index (χ0) is 12.3. The highest BCUT2D eigenvalue weighted by Crippen LogP contribution is 2.19. The second-order valence-corrected chi connectivity index (χ2v) is 4.26. The van der Waals surface area contributed by atoms with Crippen LogP contribution in [0, 0.1) is 12.7 Å². The first-order valence-electron chi connectivity index (χ1n) is 5.84. The van der Waals surface area contributed by atoms with E-state index in [0.29, 0.717) is 5.56 Å². The van der Waals surface area contributed by atoms with E-state index in [1.54, 1.807) is 30.0 Å². The zero-order valence-corrected chi connectivity index (χ0v) is 9.91. The summed E-state index contributed by atoms with van der Waals surface area (Å²) in [5.74, 6) is -0.303. The average Bonchev–Trinajstić information content (AvgIpc) is 2.84. The van der Waals surface area contributed by atoms with Crippen LogP contribution in [0.1, 0.15) is 18.4 Å². The topological polar surface area (TPSA) is 29.5 Å². The van der Waals surface area contributed by atoms with Crippen LogP contribution in [-0.4, -0.2) is 30.5 Å². The summed E-state index contributed by atoms with van der Waals surface area (Å²) in [7, 11) is 0. The number of ether oxygens (including phenoxy) is 1. The van der Waals surface area contributed by atoms with Crippen molar-refractivity contribution in [1.82, 2.24) is 4.90 Å². The van der Waals surface area contributed by atoms with Gasteiger partial charge in [-0.2, -0.15) is 0 Å². The lowest BCUT2D eigenvalue weighted by atomic mass is 10.2. The summed E-state index contributed by atoms with van der Waals surface area (Å²) >= 11 is 0. The summed E-state index contributed by atoms with van der Waals surface area (Å²) in [4.78, 5) is 13.5. The molecule has 1 heterocycles. The Balaban J connectivity index is 1.93. The van der Waals surface area contributed by atoms with E-state index in [1.807, 2.05) is 0 Å². The van der Waals surface area contributed by atoms with Crippen LogP contribution in [0.3, 0.4) is 0 Å². The molecule has 1 fully saturated rings. The first-order chi connectivity index (χ1) is 8.18. The van der Waals surface area contributed by atoms with Crippen LogP contribution in [-0.2, 0) is 4.79 Å². The minimum atomic E-state index is -0.387. The number of nitrogens with zero attached hydrogens (tertiary/aromatic N) is 1. The van der Waals surface area contributed by atoms with E-state index in [2.05, 4.69) is 0 Å². The van der Waals surface area contributed by atoms with Gasteiger partial charge in [-0.05, 0) is 31.4 Å². The highest BCUT2D eigenvalue weighted by Gasteiger charge is 2.18. The van der Waals surface area contributed by atoms with Crippen molar-refractivity contribution in [2.24, 2.45) is 0 Å². The minimum absolute atomic E-state index is 0.0663. The number of amides is 1.